The highest BCUT2D eigenvalue weighted by atomic mass is 14.9. The molecule has 0 saturated heterocycles. The molecular weight excluding hydrogens is 458 g/mol. The van der Waals surface area contributed by atoms with Gasteiger partial charge in [-0.05, 0) is 72.6 Å². The molecule has 2 aromatic heterocycles. The van der Waals surface area contributed by atoms with Crippen LogP contribution in [-0.4, -0.2) is 16.0 Å². The second kappa shape index (κ2) is 8.06. The van der Waals surface area contributed by atoms with Gasteiger partial charge in [0.05, 0.1) is 0 Å². The molecule has 38 heavy (non-hydrogen) atoms. The van der Waals surface area contributed by atoms with Gasteiger partial charge in [0.15, 0.2) is 0 Å². The van der Waals surface area contributed by atoms with Crippen LogP contribution in [0.2, 0.25) is 0 Å². The van der Waals surface area contributed by atoms with Crippen molar-refractivity contribution >= 4 is 27.1 Å². The number of nitrogens with zero attached hydrogens (tertiary/aromatic N) is 2. The zero-order valence-electron chi connectivity index (χ0n) is 21.6. The summed E-state index contributed by atoms with van der Waals surface area (Å²) in [7, 11) is 13.6. The van der Waals surface area contributed by atoms with E-state index in [0.29, 0.717) is 23.7 Å². The lowest BCUT2D eigenvalue weighted by Gasteiger charge is -2.64. The maximum absolute atomic E-state index is 6.82. The van der Waals surface area contributed by atoms with Gasteiger partial charge >= 0.3 is 0 Å². The highest BCUT2D eigenvalue weighted by Gasteiger charge is 2.77. The molecule has 0 aliphatic heterocycles. The summed E-state index contributed by atoms with van der Waals surface area (Å²) in [6.45, 7) is 0. The predicted molar refractivity (Wildman–Crippen MR) is 151 cm³/mol. The van der Waals surface area contributed by atoms with Gasteiger partial charge in [0.25, 0.3) is 0 Å². The minimum atomic E-state index is -0.0930. The van der Waals surface area contributed by atoms with Crippen molar-refractivity contribution in [3.05, 3.63) is 132 Å². The summed E-state index contributed by atoms with van der Waals surface area (Å²) in [5, 5.41) is 0. The average Bonchev–Trinajstić information content (AvgIpc) is 3.47. The monoisotopic (exact) mass is 488 g/mol. The number of hydrogen-bond acceptors (Lipinski definition) is 0. The lowest BCUT2D eigenvalue weighted by Crippen LogP contribution is -2.63. The molecule has 6 atom stereocenters. The van der Waals surface area contributed by atoms with Gasteiger partial charge in [0.2, 0.25) is 0 Å². The quantitative estimate of drug-likeness (QED) is 0.358. The molecule has 6 bridgehead atoms. The summed E-state index contributed by atoms with van der Waals surface area (Å²) in [5.41, 5.74) is 7.70. The van der Waals surface area contributed by atoms with E-state index in [0.717, 1.165) is 11.4 Å². The Hall–Kier alpha value is -3.39. The first-order valence-corrected chi connectivity index (χ1v) is 14.1. The van der Waals surface area contributed by atoms with E-state index in [-0.39, 0.29) is 10.8 Å². The summed E-state index contributed by atoms with van der Waals surface area (Å²) in [6, 6.07) is 35.5. The van der Waals surface area contributed by atoms with Crippen molar-refractivity contribution in [3.8, 4) is 0 Å². The van der Waals surface area contributed by atoms with Gasteiger partial charge < -0.3 is 8.96 Å². The molecule has 2 aromatic carbocycles. The number of hydrogen-bond donors (Lipinski definition) is 0. The molecule has 9 rings (SSSR count). The first-order chi connectivity index (χ1) is 18.7. The zero-order chi connectivity index (χ0) is 25.5. The fourth-order valence-electron chi connectivity index (χ4n) is 10.00. The lowest BCUT2D eigenvalue weighted by atomic mass is 9.38. The van der Waals surface area contributed by atoms with Crippen molar-refractivity contribution in [3.63, 3.8) is 0 Å². The third kappa shape index (κ3) is 2.57. The Kier molecular flexibility index (Phi) is 4.79. The second-order valence-corrected chi connectivity index (χ2v) is 11.8. The number of benzene rings is 2. The van der Waals surface area contributed by atoms with Crippen molar-refractivity contribution in [1.82, 2.24) is 0 Å². The van der Waals surface area contributed by atoms with E-state index in [4.69, 9.17) is 16.0 Å². The van der Waals surface area contributed by atoms with Gasteiger partial charge in [-0.25, -0.2) is 0 Å². The van der Waals surface area contributed by atoms with Crippen molar-refractivity contribution in [1.29, 1.82) is 0 Å². The largest absolute Gasteiger partial charge is 0.509 e. The Balaban J connectivity index is 1.62. The first kappa shape index (κ1) is 22.6. The molecule has 0 N–H and O–H groups in total. The van der Waals surface area contributed by atoms with Gasteiger partial charge in [0, 0.05) is 34.1 Å². The topological polar surface area (TPSA) is 7.76 Å². The summed E-state index contributed by atoms with van der Waals surface area (Å²) in [6.07, 6.45) is 9.05. The highest BCUT2D eigenvalue weighted by molar-refractivity contribution is 6.04. The normalized spacial score (nSPS) is 32.7. The third-order valence-corrected chi connectivity index (χ3v) is 10.8. The van der Waals surface area contributed by atoms with Crippen LogP contribution >= 0.6 is 0 Å². The number of rotatable bonds is 4. The molecule has 2 heterocycles. The molecule has 0 spiro atoms. The zero-order valence-corrected chi connectivity index (χ0v) is 21.6. The Bertz CT molecular complexity index is 1440. The van der Waals surface area contributed by atoms with Gasteiger partial charge in [-0.1, -0.05) is 72.8 Å². The number of aromatic nitrogens is 2. The van der Waals surface area contributed by atoms with E-state index < -0.39 is 0 Å². The lowest BCUT2D eigenvalue weighted by molar-refractivity contribution is -0.527. The van der Waals surface area contributed by atoms with Crippen LogP contribution in [0.3, 0.4) is 0 Å². The molecule has 4 heteroatoms. The van der Waals surface area contributed by atoms with E-state index in [2.05, 4.69) is 84.9 Å². The van der Waals surface area contributed by atoms with E-state index in [1.807, 2.05) is 33.5 Å². The van der Waals surface area contributed by atoms with Crippen LogP contribution in [0.25, 0.3) is 11.1 Å². The van der Waals surface area contributed by atoms with E-state index >= 15 is 0 Å². The van der Waals surface area contributed by atoms with E-state index in [9.17, 15) is 0 Å². The molecule has 182 valence electrons. The van der Waals surface area contributed by atoms with Crippen molar-refractivity contribution in [2.45, 2.75) is 36.5 Å². The fourth-order valence-corrected chi connectivity index (χ4v) is 10.00. The van der Waals surface area contributed by atoms with Crippen LogP contribution < -0.4 is 8.96 Å². The van der Waals surface area contributed by atoms with Crippen molar-refractivity contribution in [2.75, 3.05) is 0 Å². The first-order valence-electron chi connectivity index (χ1n) is 14.1. The van der Waals surface area contributed by atoms with Crippen LogP contribution in [0.1, 0.15) is 48.2 Å². The average molecular weight is 488 g/mol. The standard InChI is InChI=1S/C34H30B2N2/c35-37-21-9-7-15-29(37)31-32(30-16-8-10-22-38(30)36)34(24-13-5-2-6-14-24)27-19-20-28(34)26-18-17-25(27)33(26,31)23-11-3-1-4-12-23/h1-16,21-22,25-28H,17-20H2/t25-,26+,27+,28-,33?,34?. The summed E-state index contributed by atoms with van der Waals surface area (Å²) in [4.78, 5) is 0. The van der Waals surface area contributed by atoms with Crippen molar-refractivity contribution < 1.29 is 8.96 Å². The Morgan fingerprint density at radius 1 is 0.474 bits per heavy atom. The Morgan fingerprint density at radius 2 is 0.816 bits per heavy atom. The van der Waals surface area contributed by atoms with Crippen LogP contribution in [-0.2, 0) is 10.8 Å². The minimum absolute atomic E-state index is 0.0930. The molecule has 5 aliphatic rings. The molecule has 2 unspecified atom stereocenters. The second-order valence-electron chi connectivity index (χ2n) is 11.8. The van der Waals surface area contributed by atoms with Gasteiger partial charge in [-0.15, -0.1) is 16.0 Å². The number of pyridine rings is 2. The van der Waals surface area contributed by atoms with Crippen LogP contribution in [0.15, 0.2) is 109 Å². The molecular formula is C34H30B2N2. The SMILES string of the molecule is [B-][n+]1ccccc1C1=C(c2cccc[n+]2[B-])C2(c3ccccc3)[C@@H]3CC[C@H]2[C@H]2CC[C@@H]3C12c1ccccc1. The molecule has 5 aliphatic carbocycles. The summed E-state index contributed by atoms with van der Waals surface area (Å²) >= 11 is 0. The van der Waals surface area contributed by atoms with Crippen molar-refractivity contribution in [2.24, 2.45) is 23.7 Å². The van der Waals surface area contributed by atoms with Gasteiger partial charge in [-0.3, -0.25) is 0 Å². The maximum Gasteiger partial charge on any atom is 0.149 e. The molecule has 0 amide bonds. The number of allylic oxidation sites excluding steroid dienone is 2. The van der Waals surface area contributed by atoms with Gasteiger partial charge in [0.1, 0.15) is 23.8 Å². The smallest absolute Gasteiger partial charge is 0.149 e. The summed E-state index contributed by atoms with van der Waals surface area (Å²) < 4.78 is 3.70. The van der Waals surface area contributed by atoms with Crippen LogP contribution in [0.5, 0.6) is 0 Å². The van der Waals surface area contributed by atoms with Crippen LogP contribution in [0.4, 0.5) is 0 Å². The van der Waals surface area contributed by atoms with E-state index in [1.165, 1.54) is 48.0 Å². The molecule has 6 radical (unpaired) electrons. The third-order valence-electron chi connectivity index (χ3n) is 10.8. The predicted octanol–water partition coefficient (Wildman–Crippen LogP) is 4.99. The van der Waals surface area contributed by atoms with E-state index in [1.54, 1.807) is 0 Å². The maximum atomic E-state index is 6.82. The molecule has 3 fully saturated rings. The Labute approximate surface area is 227 Å². The summed E-state index contributed by atoms with van der Waals surface area (Å²) in [5.74, 6) is 2.23. The molecule has 4 aromatic rings. The minimum Gasteiger partial charge on any atom is -0.509 e. The molecule has 3 saturated carbocycles. The fraction of sp³-hybridized carbons (Fsp3) is 0.294. The Morgan fingerprint density at radius 3 is 1.16 bits per heavy atom. The molecule has 2 nitrogen and oxygen atoms in total. The van der Waals surface area contributed by atoms with Gasteiger partial charge in [-0.2, -0.15) is 0 Å². The highest BCUT2D eigenvalue weighted by Crippen LogP contribution is 2.81. The van der Waals surface area contributed by atoms with Crippen LogP contribution in [0, 0.1) is 23.7 Å².